The number of carboxylic acids is 1. The summed E-state index contributed by atoms with van der Waals surface area (Å²) in [6, 6.07) is 2.95. The lowest BCUT2D eigenvalue weighted by Gasteiger charge is -2.26. The molecule has 0 aromatic heterocycles. The third kappa shape index (κ3) is 3.51. The second-order valence-electron chi connectivity index (χ2n) is 4.90. The number of aliphatic carboxylic acids is 1. The fourth-order valence-corrected chi connectivity index (χ4v) is 4.43. The summed E-state index contributed by atoms with van der Waals surface area (Å²) in [6.07, 6.45) is 2.47. The lowest BCUT2D eigenvalue weighted by molar-refractivity contribution is -0.141. The molecule has 1 aliphatic heterocycles. The van der Waals surface area contributed by atoms with E-state index in [9.17, 15) is 18.3 Å². The minimum absolute atomic E-state index is 0.0370. The molecule has 0 bridgehead atoms. The van der Waals surface area contributed by atoms with Gasteiger partial charge in [0, 0.05) is 6.54 Å². The Kier molecular flexibility index (Phi) is 5.14. The summed E-state index contributed by atoms with van der Waals surface area (Å²) in [5.74, 6) is -1.12. The van der Waals surface area contributed by atoms with Crippen LogP contribution in [0.3, 0.4) is 0 Å². The summed E-state index contributed by atoms with van der Waals surface area (Å²) in [5.41, 5.74) is 0. The smallest absolute Gasteiger partial charge is 0.322 e. The van der Waals surface area contributed by atoms with Gasteiger partial charge in [0.2, 0.25) is 10.0 Å². The molecule has 116 valence electrons. The molecule has 5 nitrogen and oxygen atoms in total. The van der Waals surface area contributed by atoms with Gasteiger partial charge in [-0.2, -0.15) is 4.31 Å². The number of hydrogen-bond acceptors (Lipinski definition) is 3. The molecular weight excluding hydrogens is 337 g/mol. The third-order valence-electron chi connectivity index (χ3n) is 3.49. The molecule has 1 saturated heterocycles. The second kappa shape index (κ2) is 6.52. The highest BCUT2D eigenvalue weighted by Crippen LogP contribution is 2.29. The first-order valence-electron chi connectivity index (χ1n) is 6.54. The molecule has 2 rings (SSSR count). The maximum atomic E-state index is 12.7. The van der Waals surface area contributed by atoms with Gasteiger partial charge in [-0.05, 0) is 31.0 Å². The number of benzene rings is 1. The highest BCUT2D eigenvalue weighted by atomic mass is 35.5. The second-order valence-corrected chi connectivity index (χ2v) is 7.60. The largest absolute Gasteiger partial charge is 0.480 e. The number of hydrogen-bond donors (Lipinski definition) is 1. The molecule has 0 spiro atoms. The maximum absolute atomic E-state index is 12.7. The van der Waals surface area contributed by atoms with Gasteiger partial charge >= 0.3 is 5.97 Å². The van der Waals surface area contributed by atoms with Crippen LogP contribution in [0, 0.1) is 0 Å². The highest BCUT2D eigenvalue weighted by molar-refractivity contribution is 7.89. The van der Waals surface area contributed by atoms with Gasteiger partial charge in [0.1, 0.15) is 6.04 Å². The van der Waals surface area contributed by atoms with Crippen LogP contribution in [0.1, 0.15) is 25.7 Å². The van der Waals surface area contributed by atoms with E-state index in [1.807, 2.05) is 0 Å². The zero-order valence-electron chi connectivity index (χ0n) is 11.1. The van der Waals surface area contributed by atoms with Crippen LogP contribution in [0.5, 0.6) is 0 Å². The molecule has 8 heteroatoms. The molecule has 21 heavy (non-hydrogen) atoms. The minimum atomic E-state index is -3.91. The highest BCUT2D eigenvalue weighted by Gasteiger charge is 2.36. The van der Waals surface area contributed by atoms with E-state index in [4.69, 9.17) is 23.2 Å². The molecule has 1 atom stereocenters. The number of rotatable bonds is 3. The van der Waals surface area contributed by atoms with Gasteiger partial charge in [-0.25, -0.2) is 8.42 Å². The van der Waals surface area contributed by atoms with Crippen LogP contribution >= 0.6 is 23.2 Å². The molecule has 1 heterocycles. The predicted octanol–water partition coefficient (Wildman–Crippen LogP) is 3.01. The Bertz CT molecular complexity index is 648. The van der Waals surface area contributed by atoms with Crippen LogP contribution < -0.4 is 0 Å². The summed E-state index contributed by atoms with van der Waals surface area (Å²) in [4.78, 5) is 11.3. The fourth-order valence-electron chi connectivity index (χ4n) is 2.39. The zero-order valence-corrected chi connectivity index (χ0v) is 13.5. The third-order valence-corrected chi connectivity index (χ3v) is 6.13. The number of sulfonamides is 1. The normalized spacial score (nSPS) is 21.0. The SMILES string of the molecule is O=C(O)C1CCCCCN1S(=O)(=O)c1ccc(Cl)c(Cl)c1. The first kappa shape index (κ1) is 16.5. The Morgan fingerprint density at radius 2 is 1.90 bits per heavy atom. The van der Waals surface area contributed by atoms with E-state index in [-0.39, 0.29) is 21.5 Å². The molecule has 1 aromatic carbocycles. The molecule has 1 aromatic rings. The van der Waals surface area contributed by atoms with Crippen molar-refractivity contribution >= 4 is 39.2 Å². The maximum Gasteiger partial charge on any atom is 0.322 e. The summed E-state index contributed by atoms with van der Waals surface area (Å²) in [6.45, 7) is 0.194. The molecule has 1 aliphatic rings. The van der Waals surface area contributed by atoms with E-state index in [0.717, 1.165) is 10.7 Å². The van der Waals surface area contributed by atoms with Gasteiger partial charge in [-0.3, -0.25) is 4.79 Å². The van der Waals surface area contributed by atoms with E-state index in [2.05, 4.69) is 0 Å². The first-order chi connectivity index (χ1) is 9.84. The molecule has 0 radical (unpaired) electrons. The molecule has 0 saturated carbocycles. The van der Waals surface area contributed by atoms with Crippen LogP contribution in [0.25, 0.3) is 0 Å². The quantitative estimate of drug-likeness (QED) is 0.907. The van der Waals surface area contributed by atoms with Crippen LogP contribution in [0.15, 0.2) is 23.1 Å². The van der Waals surface area contributed by atoms with Gasteiger partial charge in [-0.15, -0.1) is 0 Å². The standard InChI is InChI=1S/C13H15Cl2NO4S/c14-10-6-5-9(8-11(10)15)21(19,20)16-7-3-1-2-4-12(16)13(17)18/h5-6,8,12H,1-4,7H2,(H,17,18). The molecule has 1 N–H and O–H groups in total. The van der Waals surface area contributed by atoms with E-state index in [0.29, 0.717) is 19.3 Å². The summed E-state index contributed by atoms with van der Waals surface area (Å²) in [5, 5.41) is 9.66. The van der Waals surface area contributed by atoms with Crippen LogP contribution in [0.2, 0.25) is 10.0 Å². The molecule has 0 amide bonds. The molecule has 1 unspecified atom stereocenters. The van der Waals surface area contributed by atoms with Crippen molar-refractivity contribution in [2.45, 2.75) is 36.6 Å². The Balaban J connectivity index is 2.43. The Morgan fingerprint density at radius 3 is 2.52 bits per heavy atom. The van der Waals surface area contributed by atoms with Crippen molar-refractivity contribution in [2.24, 2.45) is 0 Å². The minimum Gasteiger partial charge on any atom is -0.480 e. The van der Waals surface area contributed by atoms with Crippen LogP contribution in [-0.4, -0.2) is 36.4 Å². The average molecular weight is 352 g/mol. The predicted molar refractivity (Wildman–Crippen MR) is 80.2 cm³/mol. The monoisotopic (exact) mass is 351 g/mol. The van der Waals surface area contributed by atoms with Gasteiger partial charge in [0.25, 0.3) is 0 Å². The summed E-state index contributed by atoms with van der Waals surface area (Å²) in [7, 11) is -3.91. The van der Waals surface area contributed by atoms with Gasteiger partial charge in [-0.1, -0.05) is 36.0 Å². The van der Waals surface area contributed by atoms with Gasteiger partial charge in [0.15, 0.2) is 0 Å². The number of carboxylic acid groups (broad SMARTS) is 1. The van der Waals surface area contributed by atoms with Crippen molar-refractivity contribution in [3.05, 3.63) is 28.2 Å². The van der Waals surface area contributed by atoms with Crippen molar-refractivity contribution in [1.82, 2.24) is 4.31 Å². The Labute approximate surface area is 133 Å². The van der Waals surface area contributed by atoms with Gasteiger partial charge < -0.3 is 5.11 Å². The average Bonchev–Trinajstić information content (AvgIpc) is 2.67. The van der Waals surface area contributed by atoms with Crippen LogP contribution in [0.4, 0.5) is 0 Å². The summed E-state index contributed by atoms with van der Waals surface area (Å²) >= 11 is 11.6. The topological polar surface area (TPSA) is 74.7 Å². The van der Waals surface area contributed by atoms with E-state index in [1.165, 1.54) is 18.2 Å². The van der Waals surface area contributed by atoms with Crippen molar-refractivity contribution < 1.29 is 18.3 Å². The molecule has 1 fully saturated rings. The number of nitrogens with zero attached hydrogens (tertiary/aromatic N) is 1. The Hall–Kier alpha value is -0.820. The van der Waals surface area contributed by atoms with E-state index in [1.54, 1.807) is 0 Å². The lowest BCUT2D eigenvalue weighted by Crippen LogP contribution is -2.44. The number of halogens is 2. The van der Waals surface area contributed by atoms with Gasteiger partial charge in [0.05, 0.1) is 14.9 Å². The first-order valence-corrected chi connectivity index (χ1v) is 8.73. The van der Waals surface area contributed by atoms with E-state index >= 15 is 0 Å². The zero-order chi connectivity index (χ0) is 15.6. The van der Waals surface area contributed by atoms with E-state index < -0.39 is 22.0 Å². The Morgan fingerprint density at radius 1 is 1.19 bits per heavy atom. The molecular formula is C13H15Cl2NO4S. The van der Waals surface area contributed by atoms with Crippen molar-refractivity contribution in [3.8, 4) is 0 Å². The van der Waals surface area contributed by atoms with Crippen molar-refractivity contribution in [1.29, 1.82) is 0 Å². The number of carbonyl (C=O) groups is 1. The molecule has 0 aliphatic carbocycles. The van der Waals surface area contributed by atoms with Crippen molar-refractivity contribution in [3.63, 3.8) is 0 Å². The van der Waals surface area contributed by atoms with Crippen molar-refractivity contribution in [2.75, 3.05) is 6.54 Å². The lowest BCUT2D eigenvalue weighted by atomic mass is 10.1. The summed E-state index contributed by atoms with van der Waals surface area (Å²) < 4.78 is 26.4. The van der Waals surface area contributed by atoms with Crippen LogP contribution in [-0.2, 0) is 14.8 Å². The fraction of sp³-hybridized carbons (Fsp3) is 0.462.